The summed E-state index contributed by atoms with van der Waals surface area (Å²) in [5, 5.41) is 0. The van der Waals surface area contributed by atoms with Gasteiger partial charge in [-0.25, -0.2) is 4.79 Å². The molecule has 0 spiro atoms. The Morgan fingerprint density at radius 3 is 2.56 bits per heavy atom. The fraction of sp³-hybridized carbons (Fsp3) is 0.462. The first-order valence-electron chi connectivity index (χ1n) is 5.43. The van der Waals surface area contributed by atoms with Gasteiger partial charge in [-0.15, -0.1) is 0 Å². The first-order chi connectivity index (χ1) is 7.38. The van der Waals surface area contributed by atoms with Crippen molar-refractivity contribution in [3.05, 3.63) is 35.4 Å². The van der Waals surface area contributed by atoms with Crippen LogP contribution in [0.25, 0.3) is 0 Å². The average Bonchev–Trinajstić information content (AvgIpc) is 2.15. The second-order valence-corrected chi connectivity index (χ2v) is 5.02. The molecule has 1 rings (SSSR count). The molecule has 0 radical (unpaired) electrons. The molecule has 1 aromatic carbocycles. The molecule has 3 heteroatoms. The number of hydrogen-bond donors (Lipinski definition) is 0. The van der Waals surface area contributed by atoms with Crippen molar-refractivity contribution in [2.75, 3.05) is 34.3 Å². The fourth-order valence-corrected chi connectivity index (χ4v) is 1.27. The van der Waals surface area contributed by atoms with E-state index in [1.807, 2.05) is 25.1 Å². The minimum Gasteiger partial charge on any atom is -0.456 e. The zero-order chi connectivity index (χ0) is 12.2. The summed E-state index contributed by atoms with van der Waals surface area (Å²) in [5.74, 6) is -0.239. The Hall–Kier alpha value is -1.35. The van der Waals surface area contributed by atoms with Gasteiger partial charge in [0, 0.05) is 0 Å². The van der Waals surface area contributed by atoms with Crippen LogP contribution in [0.2, 0.25) is 0 Å². The van der Waals surface area contributed by atoms with Gasteiger partial charge in [0.25, 0.3) is 0 Å². The Labute approximate surface area is 97.2 Å². The van der Waals surface area contributed by atoms with Crippen LogP contribution in [0.15, 0.2) is 24.3 Å². The third kappa shape index (κ3) is 4.45. The van der Waals surface area contributed by atoms with E-state index in [1.165, 1.54) is 0 Å². The Balaban J connectivity index is 2.47. The molecule has 0 unspecified atom stereocenters. The number of quaternary nitrogens is 1. The molecule has 0 saturated carbocycles. The van der Waals surface area contributed by atoms with Crippen molar-refractivity contribution in [2.24, 2.45) is 0 Å². The number of carbonyl (C=O) groups excluding carboxylic acids is 1. The molecule has 1 aromatic rings. The van der Waals surface area contributed by atoms with Gasteiger partial charge in [0.05, 0.1) is 26.7 Å². The lowest BCUT2D eigenvalue weighted by Gasteiger charge is -2.23. The maximum absolute atomic E-state index is 11.7. The van der Waals surface area contributed by atoms with Gasteiger partial charge < -0.3 is 9.22 Å². The van der Waals surface area contributed by atoms with Crippen LogP contribution >= 0.6 is 0 Å². The Morgan fingerprint density at radius 2 is 2.00 bits per heavy atom. The van der Waals surface area contributed by atoms with Crippen LogP contribution in [0, 0.1) is 6.92 Å². The maximum atomic E-state index is 11.7. The highest BCUT2D eigenvalue weighted by Crippen LogP contribution is 2.05. The molecule has 0 atom stereocenters. The number of ether oxygens (including phenoxy) is 1. The Morgan fingerprint density at radius 1 is 1.31 bits per heavy atom. The van der Waals surface area contributed by atoms with Crippen molar-refractivity contribution in [2.45, 2.75) is 6.92 Å². The zero-order valence-electron chi connectivity index (χ0n) is 10.5. The number of esters is 1. The summed E-state index contributed by atoms with van der Waals surface area (Å²) in [6.07, 6.45) is 0. The van der Waals surface area contributed by atoms with Gasteiger partial charge >= 0.3 is 5.97 Å². The third-order valence-corrected chi connectivity index (χ3v) is 2.25. The number of nitrogens with zero attached hydrogens (tertiary/aromatic N) is 1. The predicted molar refractivity (Wildman–Crippen MR) is 64.4 cm³/mol. The number of hydrogen-bond acceptors (Lipinski definition) is 2. The zero-order valence-corrected chi connectivity index (χ0v) is 10.5. The van der Waals surface area contributed by atoms with E-state index in [4.69, 9.17) is 4.74 Å². The quantitative estimate of drug-likeness (QED) is 0.574. The van der Waals surface area contributed by atoms with Crippen LogP contribution < -0.4 is 0 Å². The molecular formula is C13H20NO2+. The predicted octanol–water partition coefficient (Wildman–Crippen LogP) is 1.86. The molecule has 0 bridgehead atoms. The molecule has 0 amide bonds. The smallest absolute Gasteiger partial charge is 0.338 e. The summed E-state index contributed by atoms with van der Waals surface area (Å²) < 4.78 is 6.00. The molecule has 3 nitrogen and oxygen atoms in total. The summed E-state index contributed by atoms with van der Waals surface area (Å²) >= 11 is 0. The van der Waals surface area contributed by atoms with E-state index in [9.17, 15) is 4.79 Å². The summed E-state index contributed by atoms with van der Waals surface area (Å²) in [4.78, 5) is 11.7. The molecule has 16 heavy (non-hydrogen) atoms. The van der Waals surface area contributed by atoms with Gasteiger partial charge in [0.2, 0.25) is 0 Å². The second-order valence-electron chi connectivity index (χ2n) is 5.02. The highest BCUT2D eigenvalue weighted by molar-refractivity contribution is 5.89. The summed E-state index contributed by atoms with van der Waals surface area (Å²) in [6.45, 7) is 3.23. The lowest BCUT2D eigenvalue weighted by molar-refractivity contribution is -0.870. The van der Waals surface area contributed by atoms with Crippen molar-refractivity contribution in [1.82, 2.24) is 0 Å². The second kappa shape index (κ2) is 5.12. The van der Waals surface area contributed by atoms with Gasteiger partial charge in [-0.05, 0) is 19.1 Å². The van der Waals surface area contributed by atoms with Gasteiger partial charge in [0.1, 0.15) is 13.2 Å². The van der Waals surface area contributed by atoms with Crippen molar-refractivity contribution >= 4 is 5.97 Å². The van der Waals surface area contributed by atoms with E-state index in [0.717, 1.165) is 16.6 Å². The highest BCUT2D eigenvalue weighted by atomic mass is 16.5. The molecule has 0 saturated heterocycles. The van der Waals surface area contributed by atoms with E-state index in [-0.39, 0.29) is 5.97 Å². The molecule has 88 valence electrons. The lowest BCUT2D eigenvalue weighted by atomic mass is 10.1. The van der Waals surface area contributed by atoms with Crippen molar-refractivity contribution < 1.29 is 14.0 Å². The minimum absolute atomic E-state index is 0.239. The number of aryl methyl sites for hydroxylation is 1. The van der Waals surface area contributed by atoms with Gasteiger partial charge in [-0.3, -0.25) is 0 Å². The molecule has 0 aliphatic heterocycles. The number of rotatable bonds is 4. The minimum atomic E-state index is -0.239. The third-order valence-electron chi connectivity index (χ3n) is 2.25. The van der Waals surface area contributed by atoms with Gasteiger partial charge in [0.15, 0.2) is 0 Å². The molecule has 0 aliphatic rings. The number of carbonyl (C=O) groups is 1. The average molecular weight is 222 g/mol. The standard InChI is InChI=1S/C13H20NO2/c1-11-6-5-7-12(10-11)13(15)16-9-8-14(2,3)4/h5-7,10H,8-9H2,1-4H3/q+1. The van der Waals surface area contributed by atoms with Crippen molar-refractivity contribution in [3.8, 4) is 0 Å². The van der Waals surface area contributed by atoms with Crippen LogP contribution in [0.4, 0.5) is 0 Å². The summed E-state index contributed by atoms with van der Waals surface area (Å²) in [5.41, 5.74) is 1.70. The van der Waals surface area contributed by atoms with Crippen LogP contribution in [0.1, 0.15) is 15.9 Å². The monoisotopic (exact) mass is 222 g/mol. The summed E-state index contributed by atoms with van der Waals surface area (Å²) in [6, 6.07) is 7.45. The van der Waals surface area contributed by atoms with E-state index < -0.39 is 0 Å². The topological polar surface area (TPSA) is 26.3 Å². The highest BCUT2D eigenvalue weighted by Gasteiger charge is 2.10. The van der Waals surface area contributed by atoms with E-state index in [0.29, 0.717) is 12.2 Å². The summed E-state index contributed by atoms with van der Waals surface area (Å²) in [7, 11) is 6.21. The Kier molecular flexibility index (Phi) is 4.07. The lowest BCUT2D eigenvalue weighted by Crippen LogP contribution is -2.38. The fourth-order valence-electron chi connectivity index (χ4n) is 1.27. The van der Waals surface area contributed by atoms with E-state index >= 15 is 0 Å². The first-order valence-corrected chi connectivity index (χ1v) is 5.43. The van der Waals surface area contributed by atoms with Crippen molar-refractivity contribution in [3.63, 3.8) is 0 Å². The van der Waals surface area contributed by atoms with Crippen LogP contribution in [0.5, 0.6) is 0 Å². The molecule has 0 aliphatic carbocycles. The SMILES string of the molecule is Cc1cccc(C(=O)OCC[N+](C)(C)C)c1. The van der Waals surface area contributed by atoms with E-state index in [1.54, 1.807) is 6.07 Å². The molecule has 0 fully saturated rings. The largest absolute Gasteiger partial charge is 0.456 e. The normalized spacial score (nSPS) is 11.2. The molecule has 0 N–H and O–H groups in total. The van der Waals surface area contributed by atoms with Crippen LogP contribution in [-0.4, -0.2) is 44.7 Å². The number of likely N-dealkylation sites (N-methyl/N-ethyl adjacent to an activating group) is 1. The van der Waals surface area contributed by atoms with Gasteiger partial charge in [-0.1, -0.05) is 17.7 Å². The molecule has 0 aromatic heterocycles. The number of benzene rings is 1. The molecule has 0 heterocycles. The first kappa shape index (κ1) is 12.7. The molecular weight excluding hydrogens is 202 g/mol. The van der Waals surface area contributed by atoms with Gasteiger partial charge in [-0.2, -0.15) is 0 Å². The Bertz CT molecular complexity index is 366. The maximum Gasteiger partial charge on any atom is 0.338 e. The van der Waals surface area contributed by atoms with E-state index in [2.05, 4.69) is 21.1 Å². The van der Waals surface area contributed by atoms with Crippen LogP contribution in [0.3, 0.4) is 0 Å². The van der Waals surface area contributed by atoms with Crippen molar-refractivity contribution in [1.29, 1.82) is 0 Å². The van der Waals surface area contributed by atoms with Crippen LogP contribution in [-0.2, 0) is 4.74 Å².